The first-order valence-electron chi connectivity index (χ1n) is 10.7. The third-order valence-corrected chi connectivity index (χ3v) is 4.94. The number of aliphatic hydroxyl groups excluding tert-OH is 1. The minimum absolute atomic E-state index is 0.0263. The van der Waals surface area contributed by atoms with Gasteiger partial charge in [-0.1, -0.05) is 12.0 Å². The van der Waals surface area contributed by atoms with E-state index in [4.69, 9.17) is 30.5 Å². The van der Waals surface area contributed by atoms with E-state index in [2.05, 4.69) is 5.92 Å². The van der Waals surface area contributed by atoms with Crippen LogP contribution in [-0.2, 0) is 14.2 Å². The lowest BCUT2D eigenvalue weighted by atomic mass is 9.92. The number of likely N-dealkylation sites (tertiary alicyclic amines) is 1. The van der Waals surface area contributed by atoms with Crippen molar-refractivity contribution in [2.75, 3.05) is 33.5 Å². The Hall–Kier alpha value is -2.76. The van der Waals surface area contributed by atoms with Crippen molar-refractivity contribution in [3.05, 3.63) is 29.3 Å². The molecule has 2 atom stereocenters. The fraction of sp³-hybridized carbons (Fsp3) is 0.583. The number of benzene rings is 1. The SMILES string of the molecule is C#CCO[C@H]1CCN(C(=O)OC(C)(C)C)[C@H](c2ccc(C(=O)OC)cc2OCCCO)C1. The molecule has 176 valence electrons. The molecule has 2 rings (SSSR count). The van der Waals surface area contributed by atoms with Crippen molar-refractivity contribution < 1.29 is 33.6 Å². The Morgan fingerprint density at radius 3 is 2.69 bits per heavy atom. The van der Waals surface area contributed by atoms with Crippen LogP contribution in [0.15, 0.2) is 18.2 Å². The number of hydrogen-bond donors (Lipinski definition) is 1. The summed E-state index contributed by atoms with van der Waals surface area (Å²) in [6.07, 6.45) is 6.32. The standard InChI is InChI=1S/C24H33NO7/c1-6-13-30-18-10-11-25(23(28)32-24(2,3)4)20(16-18)19-9-8-17(22(27)29-5)15-21(19)31-14-7-12-26/h1,8-9,15,18,20,26H,7,10-14,16H2,2-5H3/t18-,20-/m0/s1. The molecule has 1 N–H and O–H groups in total. The van der Waals surface area contributed by atoms with Crippen LogP contribution in [0.2, 0.25) is 0 Å². The van der Waals surface area contributed by atoms with Crippen LogP contribution in [0.25, 0.3) is 0 Å². The summed E-state index contributed by atoms with van der Waals surface area (Å²) in [5.41, 5.74) is 0.402. The van der Waals surface area contributed by atoms with Crippen molar-refractivity contribution in [1.29, 1.82) is 0 Å². The van der Waals surface area contributed by atoms with Crippen molar-refractivity contribution in [2.45, 2.75) is 57.8 Å². The lowest BCUT2D eigenvalue weighted by Gasteiger charge is -2.40. The molecule has 0 aromatic heterocycles. The average Bonchev–Trinajstić information content (AvgIpc) is 2.75. The van der Waals surface area contributed by atoms with E-state index < -0.39 is 23.7 Å². The molecular weight excluding hydrogens is 414 g/mol. The Labute approximate surface area is 189 Å². The van der Waals surface area contributed by atoms with E-state index in [1.807, 2.05) is 20.8 Å². The van der Waals surface area contributed by atoms with Crippen LogP contribution in [0.4, 0.5) is 4.79 Å². The zero-order valence-electron chi connectivity index (χ0n) is 19.3. The second-order valence-corrected chi connectivity index (χ2v) is 8.52. The summed E-state index contributed by atoms with van der Waals surface area (Å²) in [6, 6.07) is 4.58. The number of terminal acetylenes is 1. The van der Waals surface area contributed by atoms with Gasteiger partial charge in [0.2, 0.25) is 0 Å². The maximum absolute atomic E-state index is 13.0. The number of hydrogen-bond acceptors (Lipinski definition) is 7. The molecule has 8 heteroatoms. The van der Waals surface area contributed by atoms with Crippen LogP contribution < -0.4 is 4.74 Å². The summed E-state index contributed by atoms with van der Waals surface area (Å²) in [7, 11) is 1.31. The minimum Gasteiger partial charge on any atom is -0.493 e. The Balaban J connectivity index is 2.42. The Bertz CT molecular complexity index is 825. The van der Waals surface area contributed by atoms with Gasteiger partial charge >= 0.3 is 12.1 Å². The first-order chi connectivity index (χ1) is 15.2. The molecule has 1 aromatic rings. The number of ether oxygens (including phenoxy) is 4. The Morgan fingerprint density at radius 2 is 2.06 bits per heavy atom. The van der Waals surface area contributed by atoms with Crippen molar-refractivity contribution in [2.24, 2.45) is 0 Å². The van der Waals surface area contributed by atoms with Crippen LogP contribution >= 0.6 is 0 Å². The van der Waals surface area contributed by atoms with E-state index in [9.17, 15) is 9.59 Å². The summed E-state index contributed by atoms with van der Waals surface area (Å²) in [5.74, 6) is 2.43. The number of carbonyl (C=O) groups is 2. The highest BCUT2D eigenvalue weighted by Crippen LogP contribution is 2.38. The van der Waals surface area contributed by atoms with E-state index >= 15 is 0 Å². The van der Waals surface area contributed by atoms with E-state index in [1.54, 1.807) is 23.1 Å². The molecule has 1 aromatic carbocycles. The normalized spacial score (nSPS) is 18.6. The quantitative estimate of drug-likeness (QED) is 0.371. The van der Waals surface area contributed by atoms with Gasteiger partial charge in [0, 0.05) is 25.1 Å². The van der Waals surface area contributed by atoms with Gasteiger partial charge in [-0.05, 0) is 45.7 Å². The van der Waals surface area contributed by atoms with Gasteiger partial charge in [0.25, 0.3) is 0 Å². The van der Waals surface area contributed by atoms with E-state index in [0.29, 0.717) is 37.1 Å². The van der Waals surface area contributed by atoms with Gasteiger partial charge in [-0.3, -0.25) is 0 Å². The molecule has 0 unspecified atom stereocenters. The Kier molecular flexibility index (Phi) is 9.36. The van der Waals surface area contributed by atoms with Crippen molar-refractivity contribution in [1.82, 2.24) is 4.90 Å². The summed E-state index contributed by atoms with van der Waals surface area (Å²) in [6.45, 7) is 6.28. The first kappa shape index (κ1) is 25.5. The number of amides is 1. The highest BCUT2D eigenvalue weighted by atomic mass is 16.6. The molecule has 1 heterocycles. The van der Waals surface area contributed by atoms with Gasteiger partial charge in [-0.15, -0.1) is 6.42 Å². The largest absolute Gasteiger partial charge is 0.493 e. The fourth-order valence-corrected chi connectivity index (χ4v) is 3.51. The van der Waals surface area contributed by atoms with Gasteiger partial charge < -0.3 is 29.0 Å². The van der Waals surface area contributed by atoms with Crippen molar-refractivity contribution in [3.63, 3.8) is 0 Å². The number of nitrogens with zero attached hydrogens (tertiary/aromatic N) is 1. The highest BCUT2D eigenvalue weighted by molar-refractivity contribution is 5.90. The molecule has 8 nitrogen and oxygen atoms in total. The summed E-state index contributed by atoms with van der Waals surface area (Å²) >= 11 is 0. The van der Waals surface area contributed by atoms with Gasteiger partial charge in [0.15, 0.2) is 0 Å². The number of esters is 1. The maximum atomic E-state index is 13.0. The topological polar surface area (TPSA) is 94.5 Å². The van der Waals surface area contributed by atoms with Gasteiger partial charge in [0.05, 0.1) is 31.4 Å². The van der Waals surface area contributed by atoms with Gasteiger partial charge in [-0.2, -0.15) is 0 Å². The summed E-state index contributed by atoms with van der Waals surface area (Å²) < 4.78 is 22.1. The van der Waals surface area contributed by atoms with Crippen LogP contribution in [0.5, 0.6) is 5.75 Å². The van der Waals surface area contributed by atoms with Crippen molar-refractivity contribution in [3.8, 4) is 18.1 Å². The lowest BCUT2D eigenvalue weighted by Crippen LogP contribution is -2.45. The highest BCUT2D eigenvalue weighted by Gasteiger charge is 2.37. The number of rotatable bonds is 8. The molecule has 0 aliphatic carbocycles. The number of piperidine rings is 1. The molecule has 1 aliphatic heterocycles. The molecule has 0 saturated carbocycles. The van der Waals surface area contributed by atoms with Crippen LogP contribution in [0, 0.1) is 12.3 Å². The number of aliphatic hydroxyl groups is 1. The zero-order chi connectivity index (χ0) is 23.7. The Morgan fingerprint density at radius 1 is 1.31 bits per heavy atom. The summed E-state index contributed by atoms with van der Waals surface area (Å²) in [4.78, 5) is 26.7. The second kappa shape index (κ2) is 11.7. The molecule has 1 fully saturated rings. The molecule has 1 saturated heterocycles. The molecule has 0 radical (unpaired) electrons. The third-order valence-electron chi connectivity index (χ3n) is 4.94. The van der Waals surface area contributed by atoms with Crippen LogP contribution in [0.1, 0.15) is 62.0 Å². The predicted molar refractivity (Wildman–Crippen MR) is 118 cm³/mol. The van der Waals surface area contributed by atoms with E-state index in [0.717, 1.165) is 5.56 Å². The molecule has 1 amide bonds. The van der Waals surface area contributed by atoms with Gasteiger partial charge in [0.1, 0.15) is 18.0 Å². The van der Waals surface area contributed by atoms with Crippen LogP contribution in [-0.4, -0.2) is 67.2 Å². The van der Waals surface area contributed by atoms with Crippen LogP contribution in [0.3, 0.4) is 0 Å². The molecule has 0 bridgehead atoms. The molecule has 32 heavy (non-hydrogen) atoms. The predicted octanol–water partition coefficient (Wildman–Crippen LogP) is 3.32. The molecule has 0 spiro atoms. The third kappa shape index (κ3) is 7.14. The number of methoxy groups -OCH3 is 1. The smallest absolute Gasteiger partial charge is 0.410 e. The van der Waals surface area contributed by atoms with Gasteiger partial charge in [-0.25, -0.2) is 9.59 Å². The van der Waals surface area contributed by atoms with E-state index in [1.165, 1.54) is 7.11 Å². The monoisotopic (exact) mass is 447 g/mol. The maximum Gasteiger partial charge on any atom is 0.410 e. The zero-order valence-corrected chi connectivity index (χ0v) is 19.3. The summed E-state index contributed by atoms with van der Waals surface area (Å²) in [5, 5.41) is 9.13. The lowest BCUT2D eigenvalue weighted by molar-refractivity contribution is -0.0248. The second-order valence-electron chi connectivity index (χ2n) is 8.52. The first-order valence-corrected chi connectivity index (χ1v) is 10.7. The fourth-order valence-electron chi connectivity index (χ4n) is 3.51. The molecule has 1 aliphatic rings. The molecular formula is C24H33NO7. The minimum atomic E-state index is -0.645. The van der Waals surface area contributed by atoms with E-state index in [-0.39, 0.29) is 25.9 Å². The number of carbonyl (C=O) groups excluding carboxylic acids is 2. The van der Waals surface area contributed by atoms with Crippen molar-refractivity contribution >= 4 is 12.1 Å². The average molecular weight is 448 g/mol.